The number of nitrogens with one attached hydrogen (secondary N) is 2. The zero-order chi connectivity index (χ0) is 13.4. The fourth-order valence-electron chi connectivity index (χ4n) is 2.26. The SMILES string of the molecule is Cc1nc2ccc(NC(=O)C3CC(O)CN3)cc2o1.Cl.Cl. The molecular weight excluding hydrogens is 317 g/mol. The number of anilines is 1. The van der Waals surface area contributed by atoms with Gasteiger partial charge in [-0.3, -0.25) is 4.79 Å². The predicted octanol–water partition coefficient (Wildman–Crippen LogP) is 1.64. The molecule has 1 aromatic heterocycles. The Bertz CT molecular complexity index is 632. The Balaban J connectivity index is 0.00000110. The summed E-state index contributed by atoms with van der Waals surface area (Å²) in [5.74, 6) is 0.450. The van der Waals surface area contributed by atoms with Gasteiger partial charge in [0.05, 0.1) is 12.1 Å². The molecule has 2 aromatic rings. The van der Waals surface area contributed by atoms with Crippen molar-refractivity contribution in [1.82, 2.24) is 10.3 Å². The third-order valence-electron chi connectivity index (χ3n) is 3.19. The molecule has 1 aliphatic heterocycles. The van der Waals surface area contributed by atoms with E-state index in [4.69, 9.17) is 4.42 Å². The Morgan fingerprint density at radius 1 is 1.48 bits per heavy atom. The maximum absolute atomic E-state index is 12.0. The second kappa shape index (κ2) is 7.09. The molecule has 0 aliphatic carbocycles. The van der Waals surface area contributed by atoms with Gasteiger partial charge in [-0.15, -0.1) is 24.8 Å². The topological polar surface area (TPSA) is 87.4 Å². The van der Waals surface area contributed by atoms with Gasteiger partial charge in [-0.1, -0.05) is 0 Å². The van der Waals surface area contributed by atoms with Crippen LogP contribution in [-0.2, 0) is 4.79 Å². The first kappa shape index (κ1) is 17.7. The Kier molecular flexibility index (Phi) is 5.98. The number of hydrogen-bond acceptors (Lipinski definition) is 5. The summed E-state index contributed by atoms with van der Waals surface area (Å²) in [7, 11) is 0. The number of nitrogens with zero attached hydrogens (tertiary/aromatic N) is 1. The van der Waals surface area contributed by atoms with Crippen LogP contribution in [0.4, 0.5) is 5.69 Å². The Morgan fingerprint density at radius 2 is 2.24 bits per heavy atom. The van der Waals surface area contributed by atoms with Gasteiger partial charge in [0.1, 0.15) is 5.52 Å². The molecule has 0 radical (unpaired) electrons. The lowest BCUT2D eigenvalue weighted by Gasteiger charge is -2.10. The van der Waals surface area contributed by atoms with Crippen molar-refractivity contribution in [2.45, 2.75) is 25.5 Å². The zero-order valence-electron chi connectivity index (χ0n) is 11.3. The van der Waals surface area contributed by atoms with E-state index >= 15 is 0 Å². The monoisotopic (exact) mass is 333 g/mol. The Labute approximate surface area is 134 Å². The summed E-state index contributed by atoms with van der Waals surface area (Å²) in [4.78, 5) is 16.2. The van der Waals surface area contributed by atoms with Crippen LogP contribution < -0.4 is 10.6 Å². The number of fused-ring (bicyclic) bond motifs is 1. The van der Waals surface area contributed by atoms with E-state index in [1.54, 1.807) is 25.1 Å². The second-order valence-corrected chi connectivity index (χ2v) is 4.75. The highest BCUT2D eigenvalue weighted by Crippen LogP contribution is 2.20. The van der Waals surface area contributed by atoms with Crippen LogP contribution in [0, 0.1) is 6.92 Å². The second-order valence-electron chi connectivity index (χ2n) is 4.75. The lowest BCUT2D eigenvalue weighted by atomic mass is 10.2. The standard InChI is InChI=1S/C13H15N3O3.2ClH/c1-7-15-10-3-2-8(4-12(10)19-7)16-13(18)11-5-9(17)6-14-11;;/h2-4,9,11,14,17H,5-6H2,1H3,(H,16,18);2*1H. The molecule has 21 heavy (non-hydrogen) atoms. The minimum atomic E-state index is -0.449. The number of amides is 1. The number of aliphatic hydroxyl groups is 1. The normalized spacial score (nSPS) is 20.7. The highest BCUT2D eigenvalue weighted by atomic mass is 35.5. The number of β-amino-alcohol motifs (C(OH)–C–C–N with tert-alkyl or cyclic N) is 1. The van der Waals surface area contributed by atoms with Crippen LogP contribution in [0.15, 0.2) is 22.6 Å². The van der Waals surface area contributed by atoms with Crippen molar-refractivity contribution < 1.29 is 14.3 Å². The Morgan fingerprint density at radius 3 is 2.90 bits per heavy atom. The summed E-state index contributed by atoms with van der Waals surface area (Å²) in [6.07, 6.45) is -0.00896. The maximum Gasteiger partial charge on any atom is 0.241 e. The quantitative estimate of drug-likeness (QED) is 0.777. The summed E-state index contributed by atoms with van der Waals surface area (Å²) in [5.41, 5.74) is 2.08. The van der Waals surface area contributed by atoms with E-state index in [0.29, 0.717) is 30.1 Å². The molecule has 0 spiro atoms. The van der Waals surface area contributed by atoms with E-state index in [1.807, 2.05) is 0 Å². The first-order valence-corrected chi connectivity index (χ1v) is 6.21. The fourth-order valence-corrected chi connectivity index (χ4v) is 2.26. The van der Waals surface area contributed by atoms with E-state index in [-0.39, 0.29) is 36.8 Å². The molecule has 0 bridgehead atoms. The van der Waals surface area contributed by atoms with Gasteiger partial charge in [-0.05, 0) is 18.6 Å². The van der Waals surface area contributed by atoms with Crippen molar-refractivity contribution in [2.75, 3.05) is 11.9 Å². The molecule has 3 N–H and O–H groups in total. The first-order valence-electron chi connectivity index (χ1n) is 6.21. The van der Waals surface area contributed by atoms with Crippen molar-refractivity contribution in [3.63, 3.8) is 0 Å². The predicted molar refractivity (Wildman–Crippen MR) is 84.3 cm³/mol. The molecule has 3 rings (SSSR count). The smallest absolute Gasteiger partial charge is 0.241 e. The number of carbonyl (C=O) groups is 1. The van der Waals surface area contributed by atoms with Crippen LogP contribution in [0.2, 0.25) is 0 Å². The average molecular weight is 334 g/mol. The maximum atomic E-state index is 12.0. The molecule has 1 amide bonds. The third-order valence-corrected chi connectivity index (χ3v) is 3.19. The van der Waals surface area contributed by atoms with Crippen LogP contribution in [0.1, 0.15) is 12.3 Å². The van der Waals surface area contributed by atoms with Crippen LogP contribution in [0.3, 0.4) is 0 Å². The molecular formula is C13H17Cl2N3O3. The lowest BCUT2D eigenvalue weighted by molar-refractivity contribution is -0.117. The number of hydrogen-bond donors (Lipinski definition) is 3. The van der Waals surface area contributed by atoms with E-state index in [0.717, 1.165) is 5.52 Å². The molecule has 2 atom stereocenters. The summed E-state index contributed by atoms with van der Waals surface area (Å²) >= 11 is 0. The third kappa shape index (κ3) is 3.85. The summed E-state index contributed by atoms with van der Waals surface area (Å²) in [6.45, 7) is 2.24. The van der Waals surface area contributed by atoms with E-state index < -0.39 is 6.10 Å². The number of oxazole rings is 1. The summed E-state index contributed by atoms with van der Waals surface area (Å²) in [6, 6.07) is 4.99. The zero-order valence-corrected chi connectivity index (χ0v) is 13.0. The van der Waals surface area contributed by atoms with Gasteiger partial charge in [0.15, 0.2) is 11.5 Å². The van der Waals surface area contributed by atoms with Gasteiger partial charge in [0.2, 0.25) is 5.91 Å². The summed E-state index contributed by atoms with van der Waals surface area (Å²) < 4.78 is 5.41. The number of carbonyl (C=O) groups excluding carboxylic acids is 1. The number of rotatable bonds is 2. The largest absolute Gasteiger partial charge is 0.441 e. The molecule has 8 heteroatoms. The minimum Gasteiger partial charge on any atom is -0.441 e. The van der Waals surface area contributed by atoms with E-state index in [2.05, 4.69) is 15.6 Å². The average Bonchev–Trinajstić information content (AvgIpc) is 2.93. The van der Waals surface area contributed by atoms with Crippen molar-refractivity contribution in [2.24, 2.45) is 0 Å². The van der Waals surface area contributed by atoms with Gasteiger partial charge < -0.3 is 20.2 Å². The molecule has 1 saturated heterocycles. The van der Waals surface area contributed by atoms with E-state index in [9.17, 15) is 9.90 Å². The van der Waals surface area contributed by atoms with Crippen molar-refractivity contribution in [3.05, 3.63) is 24.1 Å². The van der Waals surface area contributed by atoms with Crippen LogP contribution in [0.25, 0.3) is 11.1 Å². The molecule has 116 valence electrons. The van der Waals surface area contributed by atoms with Gasteiger partial charge in [0.25, 0.3) is 0 Å². The van der Waals surface area contributed by atoms with Crippen LogP contribution in [-0.4, -0.2) is 34.7 Å². The molecule has 1 aromatic carbocycles. The lowest BCUT2D eigenvalue weighted by Crippen LogP contribution is -2.35. The van der Waals surface area contributed by atoms with Crippen molar-refractivity contribution in [3.8, 4) is 0 Å². The van der Waals surface area contributed by atoms with Crippen molar-refractivity contribution >= 4 is 47.5 Å². The van der Waals surface area contributed by atoms with Gasteiger partial charge in [-0.2, -0.15) is 0 Å². The van der Waals surface area contributed by atoms with Gasteiger partial charge >= 0.3 is 0 Å². The number of aliphatic hydroxyl groups excluding tert-OH is 1. The number of halogens is 2. The summed E-state index contributed by atoms with van der Waals surface area (Å²) in [5, 5.41) is 15.2. The van der Waals surface area contributed by atoms with Gasteiger partial charge in [0, 0.05) is 25.2 Å². The van der Waals surface area contributed by atoms with Crippen LogP contribution in [0.5, 0.6) is 0 Å². The molecule has 0 saturated carbocycles. The number of aryl methyl sites for hydroxylation is 1. The molecule has 1 aliphatic rings. The molecule has 2 unspecified atom stereocenters. The molecule has 2 heterocycles. The molecule has 6 nitrogen and oxygen atoms in total. The number of aromatic nitrogens is 1. The van der Waals surface area contributed by atoms with Crippen molar-refractivity contribution in [1.29, 1.82) is 0 Å². The van der Waals surface area contributed by atoms with Crippen LogP contribution >= 0.6 is 24.8 Å². The van der Waals surface area contributed by atoms with Gasteiger partial charge in [-0.25, -0.2) is 4.98 Å². The highest BCUT2D eigenvalue weighted by molar-refractivity contribution is 5.96. The highest BCUT2D eigenvalue weighted by Gasteiger charge is 2.28. The molecule has 1 fully saturated rings. The fraction of sp³-hybridized carbons (Fsp3) is 0.385. The van der Waals surface area contributed by atoms with E-state index in [1.165, 1.54) is 0 Å². The number of benzene rings is 1. The Hall–Kier alpha value is -1.34. The first-order chi connectivity index (χ1) is 9.11. The minimum absolute atomic E-state index is 0.